The molecule has 4 rings (SSSR count). The zero-order chi connectivity index (χ0) is 26.6. The minimum Gasteiger partial charge on any atom is -0.490 e. The number of thiazole rings is 1. The van der Waals surface area contributed by atoms with Crippen LogP contribution in [0.5, 0.6) is 5.75 Å². The van der Waals surface area contributed by atoms with Crippen LogP contribution in [0.4, 0.5) is 10.9 Å². The number of benzene rings is 1. The number of carbonyl (C=O) groups is 1. The van der Waals surface area contributed by atoms with E-state index in [1.807, 2.05) is 29.6 Å². The Morgan fingerprint density at radius 1 is 1.16 bits per heavy atom. The van der Waals surface area contributed by atoms with E-state index in [9.17, 15) is 9.90 Å². The van der Waals surface area contributed by atoms with Crippen LogP contribution in [0, 0.1) is 5.41 Å². The van der Waals surface area contributed by atoms with Gasteiger partial charge >= 0.3 is 5.97 Å². The van der Waals surface area contributed by atoms with Crippen molar-refractivity contribution < 1.29 is 19.4 Å². The van der Waals surface area contributed by atoms with Gasteiger partial charge < -0.3 is 19.9 Å². The first-order valence-corrected chi connectivity index (χ1v) is 13.7. The van der Waals surface area contributed by atoms with Gasteiger partial charge in [-0.05, 0) is 41.5 Å². The summed E-state index contributed by atoms with van der Waals surface area (Å²) in [6, 6.07) is 11.1. The Kier molecular flexibility index (Phi) is 8.49. The SMILES string of the molecule is COCCOc1cc(-c2nc(Nc3ncc(-c4cccs4)cc3C(=O)O)sc2CC(C)(C)C)ccc1Cl. The molecule has 3 aromatic heterocycles. The normalized spacial score (nSPS) is 11.5. The predicted molar refractivity (Wildman–Crippen MR) is 151 cm³/mol. The molecular formula is C27H28ClN3O4S2. The molecule has 0 saturated carbocycles. The number of aromatic carboxylic acids is 1. The average molecular weight is 558 g/mol. The molecule has 0 spiro atoms. The lowest BCUT2D eigenvalue weighted by Gasteiger charge is -2.17. The van der Waals surface area contributed by atoms with Crippen LogP contribution in [-0.2, 0) is 11.2 Å². The molecule has 2 N–H and O–H groups in total. The molecule has 0 fully saturated rings. The second-order valence-electron chi connectivity index (χ2n) is 9.54. The highest BCUT2D eigenvalue weighted by atomic mass is 35.5. The molecule has 0 aliphatic heterocycles. The summed E-state index contributed by atoms with van der Waals surface area (Å²) in [5.41, 5.74) is 2.51. The fraction of sp³-hybridized carbons (Fsp3) is 0.296. The van der Waals surface area contributed by atoms with Crippen molar-refractivity contribution in [1.82, 2.24) is 9.97 Å². The standard InChI is InChI=1S/C27H28ClN3O4S2/c1-27(2,3)14-22-23(16-7-8-19(28)20(13-16)35-10-9-34-4)30-26(37-22)31-24-18(25(32)33)12-17(15-29-24)21-6-5-11-36-21/h5-8,11-13,15H,9-10,14H2,1-4H3,(H,32,33)(H,29,30,31). The number of aromatic nitrogens is 2. The summed E-state index contributed by atoms with van der Waals surface area (Å²) < 4.78 is 10.9. The highest BCUT2D eigenvalue weighted by molar-refractivity contribution is 7.16. The maximum absolute atomic E-state index is 12.1. The van der Waals surface area contributed by atoms with E-state index in [2.05, 4.69) is 31.1 Å². The number of thiophene rings is 1. The van der Waals surface area contributed by atoms with Gasteiger partial charge in [0.15, 0.2) is 5.13 Å². The third-order valence-electron chi connectivity index (χ3n) is 5.29. The summed E-state index contributed by atoms with van der Waals surface area (Å²) in [6.45, 7) is 7.32. The maximum atomic E-state index is 12.1. The molecule has 0 saturated heterocycles. The Bertz CT molecular complexity index is 1380. The number of nitrogens with zero attached hydrogens (tertiary/aromatic N) is 2. The Balaban J connectivity index is 1.70. The first kappa shape index (κ1) is 27.1. The van der Waals surface area contributed by atoms with Crippen molar-refractivity contribution in [2.45, 2.75) is 27.2 Å². The van der Waals surface area contributed by atoms with Crippen LogP contribution in [0.25, 0.3) is 21.7 Å². The molecule has 0 atom stereocenters. The Hall–Kier alpha value is -2.98. The fourth-order valence-corrected chi connectivity index (χ4v) is 5.80. The second kappa shape index (κ2) is 11.6. The number of hydrogen-bond acceptors (Lipinski definition) is 8. The largest absolute Gasteiger partial charge is 0.490 e. The third-order valence-corrected chi connectivity index (χ3v) is 7.49. The molecule has 4 aromatic rings. The van der Waals surface area contributed by atoms with Crippen molar-refractivity contribution in [2.24, 2.45) is 5.41 Å². The maximum Gasteiger partial charge on any atom is 0.339 e. The summed E-state index contributed by atoms with van der Waals surface area (Å²) in [5.74, 6) is -0.259. The van der Waals surface area contributed by atoms with Crippen LogP contribution in [0.2, 0.25) is 5.02 Å². The summed E-state index contributed by atoms with van der Waals surface area (Å²) in [5, 5.41) is 16.0. The van der Waals surface area contributed by atoms with Crippen LogP contribution < -0.4 is 10.1 Å². The van der Waals surface area contributed by atoms with Gasteiger partial charge in [0.1, 0.15) is 23.7 Å². The number of ether oxygens (including phenoxy) is 2. The van der Waals surface area contributed by atoms with E-state index in [1.54, 1.807) is 25.4 Å². The number of hydrogen-bond donors (Lipinski definition) is 2. The molecule has 0 bridgehead atoms. The number of pyridine rings is 1. The molecule has 3 heterocycles. The Labute approximate surface area is 229 Å². The quantitative estimate of drug-likeness (QED) is 0.193. The minimum absolute atomic E-state index is 0.00953. The lowest BCUT2D eigenvalue weighted by atomic mass is 9.90. The highest BCUT2D eigenvalue weighted by Crippen LogP contribution is 2.39. The molecule has 10 heteroatoms. The van der Waals surface area contributed by atoms with Crippen molar-refractivity contribution in [3.8, 4) is 27.4 Å². The zero-order valence-corrected chi connectivity index (χ0v) is 23.4. The van der Waals surface area contributed by atoms with Gasteiger partial charge in [0.25, 0.3) is 0 Å². The van der Waals surface area contributed by atoms with Crippen molar-refractivity contribution in [2.75, 3.05) is 25.6 Å². The molecule has 0 radical (unpaired) electrons. The highest BCUT2D eigenvalue weighted by Gasteiger charge is 2.22. The molecule has 0 amide bonds. The van der Waals surface area contributed by atoms with E-state index in [4.69, 9.17) is 26.1 Å². The third kappa shape index (κ3) is 6.87. The van der Waals surface area contributed by atoms with E-state index >= 15 is 0 Å². The van der Waals surface area contributed by atoms with Crippen LogP contribution >= 0.6 is 34.3 Å². The number of halogens is 1. The van der Waals surface area contributed by atoms with Gasteiger partial charge in [-0.25, -0.2) is 14.8 Å². The van der Waals surface area contributed by atoms with Gasteiger partial charge in [-0.3, -0.25) is 0 Å². The number of carboxylic acid groups (broad SMARTS) is 1. The fourth-order valence-electron chi connectivity index (χ4n) is 3.63. The van der Waals surface area contributed by atoms with Gasteiger partial charge in [-0.2, -0.15) is 0 Å². The molecule has 7 nitrogen and oxygen atoms in total. The van der Waals surface area contributed by atoms with Crippen LogP contribution in [0.15, 0.2) is 48.0 Å². The molecule has 37 heavy (non-hydrogen) atoms. The first-order chi connectivity index (χ1) is 17.6. The van der Waals surface area contributed by atoms with Gasteiger partial charge in [-0.15, -0.1) is 22.7 Å². The predicted octanol–water partition coefficient (Wildman–Crippen LogP) is 7.64. The number of methoxy groups -OCH3 is 1. The summed E-state index contributed by atoms with van der Waals surface area (Å²) in [7, 11) is 1.62. The zero-order valence-electron chi connectivity index (χ0n) is 21.0. The lowest BCUT2D eigenvalue weighted by molar-refractivity contribution is 0.0697. The van der Waals surface area contributed by atoms with Crippen LogP contribution in [-0.4, -0.2) is 41.4 Å². The lowest BCUT2D eigenvalue weighted by Crippen LogP contribution is -2.08. The molecular weight excluding hydrogens is 530 g/mol. The van der Waals surface area contributed by atoms with Gasteiger partial charge in [0.2, 0.25) is 0 Å². The topological polar surface area (TPSA) is 93.6 Å². The molecule has 194 valence electrons. The Morgan fingerprint density at radius 2 is 1.97 bits per heavy atom. The van der Waals surface area contributed by atoms with Crippen molar-refractivity contribution in [1.29, 1.82) is 0 Å². The van der Waals surface area contributed by atoms with E-state index in [0.717, 1.165) is 33.0 Å². The summed E-state index contributed by atoms with van der Waals surface area (Å²) in [6.07, 6.45) is 2.45. The number of rotatable bonds is 10. The van der Waals surface area contributed by atoms with Gasteiger partial charge in [0.05, 0.1) is 17.3 Å². The first-order valence-electron chi connectivity index (χ1n) is 11.6. The van der Waals surface area contributed by atoms with Gasteiger partial charge in [-0.1, -0.05) is 44.5 Å². The van der Waals surface area contributed by atoms with Gasteiger partial charge in [0, 0.05) is 34.2 Å². The second-order valence-corrected chi connectivity index (χ2v) is 12.0. The Morgan fingerprint density at radius 3 is 2.65 bits per heavy atom. The number of carboxylic acids is 1. The van der Waals surface area contributed by atoms with E-state index in [0.29, 0.717) is 29.1 Å². The number of anilines is 2. The summed E-state index contributed by atoms with van der Waals surface area (Å²) >= 11 is 9.37. The molecule has 0 aliphatic rings. The smallest absolute Gasteiger partial charge is 0.339 e. The van der Waals surface area contributed by atoms with Crippen LogP contribution in [0.3, 0.4) is 0 Å². The monoisotopic (exact) mass is 557 g/mol. The van der Waals surface area contributed by atoms with Crippen LogP contribution in [0.1, 0.15) is 36.0 Å². The molecule has 0 aliphatic carbocycles. The molecule has 1 aromatic carbocycles. The number of nitrogens with one attached hydrogen (secondary N) is 1. The van der Waals surface area contributed by atoms with Crippen molar-refractivity contribution >= 4 is 51.2 Å². The minimum atomic E-state index is -1.06. The van der Waals surface area contributed by atoms with E-state index < -0.39 is 5.97 Å². The molecule has 0 unspecified atom stereocenters. The van der Waals surface area contributed by atoms with Crippen molar-refractivity contribution in [3.63, 3.8) is 0 Å². The van der Waals surface area contributed by atoms with E-state index in [-0.39, 0.29) is 16.8 Å². The average Bonchev–Trinajstić information content (AvgIpc) is 3.50. The summed E-state index contributed by atoms with van der Waals surface area (Å²) in [4.78, 5) is 23.4. The van der Waals surface area contributed by atoms with Crippen molar-refractivity contribution in [3.05, 3.63) is 63.4 Å². The van der Waals surface area contributed by atoms with E-state index in [1.165, 1.54) is 22.7 Å².